The highest BCUT2D eigenvalue weighted by atomic mass is 35.5. The van der Waals surface area contributed by atoms with Gasteiger partial charge in [-0.15, -0.1) is 11.3 Å². The molecule has 2 nitrogen and oxygen atoms in total. The van der Waals surface area contributed by atoms with Crippen LogP contribution in [0.5, 0.6) is 0 Å². The Morgan fingerprint density at radius 3 is 2.95 bits per heavy atom. The van der Waals surface area contributed by atoms with Crippen LogP contribution in [0.3, 0.4) is 0 Å². The normalized spacial score (nSPS) is 26.9. The summed E-state index contributed by atoms with van der Waals surface area (Å²) in [4.78, 5) is 3.99. The van der Waals surface area contributed by atoms with Crippen LogP contribution in [0, 0.1) is 0 Å². The molecule has 1 aromatic heterocycles. The van der Waals surface area contributed by atoms with Crippen LogP contribution in [0.2, 0.25) is 5.02 Å². The van der Waals surface area contributed by atoms with Gasteiger partial charge in [0.2, 0.25) is 0 Å². The maximum Gasteiger partial charge on any atom is 0.0637 e. The van der Waals surface area contributed by atoms with Crippen LogP contribution in [-0.4, -0.2) is 30.1 Å². The second-order valence-electron chi connectivity index (χ2n) is 6.22. The van der Waals surface area contributed by atoms with Crippen LogP contribution in [0.1, 0.15) is 30.6 Å². The van der Waals surface area contributed by atoms with Gasteiger partial charge in [-0.2, -0.15) is 0 Å². The first kappa shape index (κ1) is 14.0. The number of fused-ring (bicyclic) bond motifs is 1. The fraction of sp³-hybridized carbons (Fsp3) is 0.529. The highest BCUT2D eigenvalue weighted by molar-refractivity contribution is 7.19. The Morgan fingerprint density at radius 1 is 1.24 bits per heavy atom. The summed E-state index contributed by atoms with van der Waals surface area (Å²) in [6, 6.07) is 9.88. The fourth-order valence-electron chi connectivity index (χ4n) is 3.89. The summed E-state index contributed by atoms with van der Waals surface area (Å²) in [5.41, 5.74) is 0. The van der Waals surface area contributed by atoms with E-state index in [1.165, 1.54) is 53.7 Å². The number of rotatable bonds is 3. The van der Waals surface area contributed by atoms with E-state index in [1.807, 2.05) is 11.3 Å². The largest absolute Gasteiger partial charge is 0.312 e. The van der Waals surface area contributed by atoms with E-state index in [0.717, 1.165) is 11.6 Å². The van der Waals surface area contributed by atoms with Crippen molar-refractivity contribution < 1.29 is 0 Å². The Hall–Kier alpha value is -0.610. The average molecular weight is 321 g/mol. The van der Waals surface area contributed by atoms with Crippen LogP contribution in [0.25, 0.3) is 10.1 Å². The van der Waals surface area contributed by atoms with Gasteiger partial charge >= 0.3 is 0 Å². The van der Waals surface area contributed by atoms with E-state index in [4.69, 9.17) is 11.6 Å². The predicted octanol–water partition coefficient (Wildman–Crippen LogP) is 4.27. The van der Waals surface area contributed by atoms with Gasteiger partial charge in [-0.25, -0.2) is 0 Å². The summed E-state index contributed by atoms with van der Waals surface area (Å²) in [6.07, 6.45) is 5.32. The lowest BCUT2D eigenvalue weighted by Crippen LogP contribution is -2.43. The molecule has 0 spiro atoms. The molecule has 3 heterocycles. The Bertz CT molecular complexity index is 633. The molecule has 2 aliphatic rings. The highest BCUT2D eigenvalue weighted by Crippen LogP contribution is 2.37. The predicted molar refractivity (Wildman–Crippen MR) is 91.3 cm³/mol. The monoisotopic (exact) mass is 320 g/mol. The van der Waals surface area contributed by atoms with E-state index in [9.17, 15) is 0 Å². The van der Waals surface area contributed by atoms with Crippen molar-refractivity contribution in [2.24, 2.45) is 0 Å². The first-order valence-corrected chi connectivity index (χ1v) is 9.16. The number of benzene rings is 1. The number of nitrogens with one attached hydrogen (secondary N) is 1. The smallest absolute Gasteiger partial charge is 0.0637 e. The third-order valence-corrected chi connectivity index (χ3v) is 6.62. The number of hydrogen-bond acceptors (Lipinski definition) is 3. The topological polar surface area (TPSA) is 15.3 Å². The van der Waals surface area contributed by atoms with E-state index < -0.39 is 0 Å². The number of thiophene rings is 1. The van der Waals surface area contributed by atoms with Gasteiger partial charge in [0.25, 0.3) is 0 Å². The Kier molecular flexibility index (Phi) is 3.92. The molecule has 0 bridgehead atoms. The molecule has 1 aromatic carbocycles. The maximum absolute atomic E-state index is 6.61. The van der Waals surface area contributed by atoms with Gasteiger partial charge in [0.15, 0.2) is 0 Å². The molecule has 2 unspecified atom stereocenters. The van der Waals surface area contributed by atoms with E-state index in [1.54, 1.807) is 0 Å². The number of halogens is 1. The van der Waals surface area contributed by atoms with Crippen molar-refractivity contribution in [2.45, 2.75) is 44.3 Å². The third kappa shape index (κ3) is 2.61. The minimum Gasteiger partial charge on any atom is -0.312 e. The molecule has 0 amide bonds. The Morgan fingerprint density at radius 2 is 2.14 bits per heavy atom. The van der Waals surface area contributed by atoms with E-state index >= 15 is 0 Å². The van der Waals surface area contributed by atoms with Gasteiger partial charge in [0.05, 0.1) is 5.02 Å². The molecule has 0 radical (unpaired) electrons. The molecule has 4 rings (SSSR count). The van der Waals surface area contributed by atoms with Crippen LogP contribution in [0.15, 0.2) is 24.3 Å². The molecule has 2 aromatic rings. The summed E-state index contributed by atoms with van der Waals surface area (Å²) in [5.74, 6) is 0. The quantitative estimate of drug-likeness (QED) is 0.908. The van der Waals surface area contributed by atoms with Crippen molar-refractivity contribution >= 4 is 33.0 Å². The fourth-order valence-corrected chi connectivity index (χ4v) is 5.41. The van der Waals surface area contributed by atoms with Crippen LogP contribution in [0.4, 0.5) is 0 Å². The van der Waals surface area contributed by atoms with Crippen LogP contribution < -0.4 is 5.32 Å². The van der Waals surface area contributed by atoms with Gasteiger partial charge < -0.3 is 5.32 Å². The molecule has 0 saturated carbocycles. The van der Waals surface area contributed by atoms with E-state index in [2.05, 4.69) is 34.5 Å². The van der Waals surface area contributed by atoms with Crippen molar-refractivity contribution in [3.05, 3.63) is 34.2 Å². The second kappa shape index (κ2) is 5.88. The molecule has 2 aliphatic heterocycles. The summed E-state index contributed by atoms with van der Waals surface area (Å²) in [7, 11) is 0. The minimum absolute atomic E-state index is 0.695. The minimum atomic E-state index is 0.695. The third-order valence-electron chi connectivity index (χ3n) is 4.93. The van der Waals surface area contributed by atoms with Crippen molar-refractivity contribution in [2.75, 3.05) is 13.1 Å². The zero-order valence-electron chi connectivity index (χ0n) is 12.1. The number of likely N-dealkylation sites (tertiary alicyclic amines) is 1. The number of nitrogens with zero attached hydrogens (tertiary/aromatic N) is 1. The van der Waals surface area contributed by atoms with E-state index in [-0.39, 0.29) is 0 Å². The molecule has 0 aliphatic carbocycles. The summed E-state index contributed by atoms with van der Waals surface area (Å²) in [6.45, 7) is 3.42. The lowest BCUT2D eigenvalue weighted by atomic mass is 10.0. The van der Waals surface area contributed by atoms with Crippen molar-refractivity contribution in [1.29, 1.82) is 0 Å². The first-order valence-electron chi connectivity index (χ1n) is 7.96. The second-order valence-corrected chi connectivity index (χ2v) is 7.73. The van der Waals surface area contributed by atoms with E-state index in [0.29, 0.717) is 12.1 Å². The summed E-state index contributed by atoms with van der Waals surface area (Å²) < 4.78 is 1.31. The van der Waals surface area contributed by atoms with Gasteiger partial charge in [-0.05, 0) is 44.8 Å². The van der Waals surface area contributed by atoms with Crippen LogP contribution in [-0.2, 0) is 6.54 Å². The Labute approximate surface area is 135 Å². The summed E-state index contributed by atoms with van der Waals surface area (Å²) in [5, 5.41) is 5.87. The molecular formula is C17H21ClN2S. The lowest BCUT2D eigenvalue weighted by molar-refractivity contribution is 0.208. The highest BCUT2D eigenvalue weighted by Gasteiger charge is 2.33. The molecule has 2 fully saturated rings. The molecular weight excluding hydrogens is 300 g/mol. The van der Waals surface area contributed by atoms with Gasteiger partial charge in [-0.3, -0.25) is 4.90 Å². The van der Waals surface area contributed by atoms with Crippen molar-refractivity contribution in [3.8, 4) is 0 Å². The van der Waals surface area contributed by atoms with Crippen LogP contribution >= 0.6 is 22.9 Å². The summed E-state index contributed by atoms with van der Waals surface area (Å²) >= 11 is 8.47. The average Bonchev–Trinajstić information content (AvgIpc) is 3.21. The first-order chi connectivity index (χ1) is 10.3. The van der Waals surface area contributed by atoms with Gasteiger partial charge in [0.1, 0.15) is 0 Å². The maximum atomic E-state index is 6.61. The zero-order valence-corrected chi connectivity index (χ0v) is 13.7. The lowest BCUT2D eigenvalue weighted by Gasteiger charge is -2.29. The molecule has 21 heavy (non-hydrogen) atoms. The molecule has 4 heteroatoms. The van der Waals surface area contributed by atoms with Gasteiger partial charge in [0, 0.05) is 33.6 Å². The van der Waals surface area contributed by atoms with Crippen molar-refractivity contribution in [3.63, 3.8) is 0 Å². The van der Waals surface area contributed by atoms with Crippen molar-refractivity contribution in [1.82, 2.24) is 10.2 Å². The SMILES string of the molecule is Clc1c(CN2CCCC2C2CCCN2)sc2ccccc12. The zero-order chi connectivity index (χ0) is 14.2. The Balaban J connectivity index is 1.57. The molecule has 112 valence electrons. The number of hydrogen-bond donors (Lipinski definition) is 1. The van der Waals surface area contributed by atoms with Gasteiger partial charge in [-0.1, -0.05) is 29.8 Å². The molecule has 2 saturated heterocycles. The molecule has 2 atom stereocenters. The molecule has 1 N–H and O–H groups in total. The standard InChI is InChI=1S/C17H21ClN2S/c18-17-12-5-1-2-8-15(12)21-16(17)11-20-10-4-7-14(20)13-6-3-9-19-13/h1-2,5,8,13-14,19H,3-4,6-7,9-11H2.